The summed E-state index contributed by atoms with van der Waals surface area (Å²) in [5, 5.41) is 21.9. The summed E-state index contributed by atoms with van der Waals surface area (Å²) in [6.45, 7) is 16.3. The molecular formula is C31H49NO6. The highest BCUT2D eigenvalue weighted by molar-refractivity contribution is 5.64. The molecule has 1 aromatic rings. The van der Waals surface area contributed by atoms with Gasteiger partial charge in [-0.3, -0.25) is 0 Å². The Labute approximate surface area is 229 Å². The van der Waals surface area contributed by atoms with Crippen LogP contribution in [0, 0.1) is 29.6 Å². The minimum Gasteiger partial charge on any atom is -0.497 e. The van der Waals surface area contributed by atoms with Gasteiger partial charge in [0, 0.05) is 23.7 Å². The number of hydrogen-bond donors (Lipinski definition) is 3. The molecule has 1 aromatic carbocycles. The molecule has 0 fully saturated rings. The fourth-order valence-electron chi connectivity index (χ4n) is 4.85. The fourth-order valence-corrected chi connectivity index (χ4v) is 4.85. The van der Waals surface area contributed by atoms with Gasteiger partial charge in [-0.15, -0.1) is 0 Å². The molecule has 0 bridgehead atoms. The lowest BCUT2D eigenvalue weighted by Crippen LogP contribution is -2.41. The first-order valence-corrected chi connectivity index (χ1v) is 13.4. The summed E-state index contributed by atoms with van der Waals surface area (Å²) >= 11 is 0. The van der Waals surface area contributed by atoms with Crippen LogP contribution in [-0.4, -0.2) is 48.3 Å². The highest BCUT2D eigenvalue weighted by atomic mass is 16.6. The zero-order valence-electron chi connectivity index (χ0n) is 24.2. The van der Waals surface area contributed by atoms with Crippen LogP contribution in [0.3, 0.4) is 0 Å². The van der Waals surface area contributed by atoms with Gasteiger partial charge < -0.3 is 30.2 Å². The third-order valence-electron chi connectivity index (χ3n) is 7.08. The van der Waals surface area contributed by atoms with Crippen LogP contribution < -0.4 is 10.5 Å². The Hall–Kier alpha value is -2.61. The lowest BCUT2D eigenvalue weighted by Gasteiger charge is -2.33. The van der Waals surface area contributed by atoms with Crippen LogP contribution in [0.25, 0.3) is 0 Å². The molecule has 1 amide bonds. The maximum absolute atomic E-state index is 11.5. The van der Waals surface area contributed by atoms with E-state index >= 15 is 0 Å². The second kappa shape index (κ2) is 17.1. The van der Waals surface area contributed by atoms with Gasteiger partial charge in [-0.1, -0.05) is 83.2 Å². The van der Waals surface area contributed by atoms with E-state index in [-0.39, 0.29) is 29.6 Å². The van der Waals surface area contributed by atoms with Gasteiger partial charge in [0.15, 0.2) is 0 Å². The molecule has 7 nitrogen and oxygen atoms in total. The Morgan fingerprint density at radius 1 is 1.03 bits per heavy atom. The predicted molar refractivity (Wildman–Crippen MR) is 153 cm³/mol. The van der Waals surface area contributed by atoms with Gasteiger partial charge in [0.1, 0.15) is 11.9 Å². The Kier molecular flexibility index (Phi) is 15.0. The maximum atomic E-state index is 11.5. The Morgan fingerprint density at radius 3 is 2.21 bits per heavy atom. The molecule has 1 rings (SSSR count). The van der Waals surface area contributed by atoms with Gasteiger partial charge in [-0.25, -0.2) is 4.79 Å². The van der Waals surface area contributed by atoms with E-state index < -0.39 is 24.4 Å². The average Bonchev–Trinajstić information content (AvgIpc) is 2.88. The topological polar surface area (TPSA) is 111 Å². The van der Waals surface area contributed by atoms with Gasteiger partial charge in [-0.05, 0) is 37.0 Å². The van der Waals surface area contributed by atoms with E-state index in [1.54, 1.807) is 19.3 Å². The first-order chi connectivity index (χ1) is 17.9. The Morgan fingerprint density at radius 2 is 1.66 bits per heavy atom. The summed E-state index contributed by atoms with van der Waals surface area (Å²) in [7, 11) is 1.64. The van der Waals surface area contributed by atoms with Crippen LogP contribution in [0.2, 0.25) is 0 Å². The molecule has 0 radical (unpaired) electrons. The minimum absolute atomic E-state index is 0.0489. The number of rotatable bonds is 17. The Balaban J connectivity index is 2.67. The summed E-state index contributed by atoms with van der Waals surface area (Å²) in [5.41, 5.74) is 7.43. The lowest BCUT2D eigenvalue weighted by molar-refractivity contribution is -0.0266. The van der Waals surface area contributed by atoms with Crippen molar-refractivity contribution >= 4 is 6.09 Å². The first kappa shape index (κ1) is 33.4. The number of aliphatic hydroxyl groups is 2. The molecule has 0 aromatic heterocycles. The van der Waals surface area contributed by atoms with Crippen LogP contribution in [0.1, 0.15) is 53.5 Å². The second-order valence-corrected chi connectivity index (χ2v) is 10.6. The first-order valence-electron chi connectivity index (χ1n) is 13.4. The molecule has 0 heterocycles. The zero-order chi connectivity index (χ0) is 28.8. The smallest absolute Gasteiger partial charge is 0.404 e. The van der Waals surface area contributed by atoms with Crippen molar-refractivity contribution in [2.45, 2.75) is 72.9 Å². The van der Waals surface area contributed by atoms with Crippen molar-refractivity contribution in [3.63, 3.8) is 0 Å². The van der Waals surface area contributed by atoms with E-state index in [1.165, 1.54) is 0 Å². The van der Waals surface area contributed by atoms with E-state index in [2.05, 4.69) is 12.7 Å². The SMILES string of the molecule is C=C/C=C\C(C)C(OC(N)=O)C(C)C(O)C(C)C/C(C)=C\C(C)C(O)C(C)COCc1ccc(OC)cc1. The van der Waals surface area contributed by atoms with Gasteiger partial charge in [0.2, 0.25) is 0 Å². The fraction of sp³-hybridized carbons (Fsp3) is 0.581. The largest absolute Gasteiger partial charge is 0.497 e. The number of hydrogen-bond acceptors (Lipinski definition) is 6. The summed E-state index contributed by atoms with van der Waals surface area (Å²) in [6, 6.07) is 7.73. The number of nitrogens with two attached hydrogens (primary N) is 1. The molecule has 38 heavy (non-hydrogen) atoms. The molecule has 0 saturated heterocycles. The number of amides is 1. The number of methoxy groups -OCH3 is 1. The lowest BCUT2D eigenvalue weighted by atomic mass is 9.81. The van der Waals surface area contributed by atoms with E-state index in [0.29, 0.717) is 19.6 Å². The van der Waals surface area contributed by atoms with Crippen molar-refractivity contribution < 1.29 is 29.2 Å². The van der Waals surface area contributed by atoms with Crippen LogP contribution in [0.5, 0.6) is 5.75 Å². The van der Waals surface area contributed by atoms with Crippen molar-refractivity contribution in [1.82, 2.24) is 0 Å². The third-order valence-corrected chi connectivity index (χ3v) is 7.08. The molecule has 0 aliphatic rings. The van der Waals surface area contributed by atoms with Crippen LogP contribution >= 0.6 is 0 Å². The normalized spacial score (nSPS) is 18.6. The van der Waals surface area contributed by atoms with Crippen molar-refractivity contribution in [2.24, 2.45) is 35.3 Å². The van der Waals surface area contributed by atoms with E-state index in [4.69, 9.17) is 19.9 Å². The summed E-state index contributed by atoms with van der Waals surface area (Å²) in [4.78, 5) is 11.5. The van der Waals surface area contributed by atoms with Crippen LogP contribution in [0.15, 0.2) is 60.7 Å². The van der Waals surface area contributed by atoms with Gasteiger partial charge in [0.25, 0.3) is 0 Å². The zero-order valence-corrected chi connectivity index (χ0v) is 24.2. The quantitative estimate of drug-likeness (QED) is 0.177. The predicted octanol–water partition coefficient (Wildman–Crippen LogP) is 5.66. The number of primary amides is 1. The summed E-state index contributed by atoms with van der Waals surface area (Å²) in [5.74, 6) is 0.112. The molecule has 7 heteroatoms. The van der Waals surface area contributed by atoms with Gasteiger partial charge in [-0.2, -0.15) is 0 Å². The number of carbonyl (C=O) groups excluding carboxylic acids is 1. The summed E-state index contributed by atoms with van der Waals surface area (Å²) in [6.07, 6.45) is 5.32. The Bertz CT molecular complexity index is 896. The number of allylic oxidation sites excluding steroid dienone is 3. The van der Waals surface area contributed by atoms with Crippen molar-refractivity contribution in [3.05, 3.63) is 66.3 Å². The van der Waals surface area contributed by atoms with Crippen LogP contribution in [0.4, 0.5) is 4.79 Å². The van der Waals surface area contributed by atoms with Crippen molar-refractivity contribution in [1.29, 1.82) is 0 Å². The molecule has 0 saturated carbocycles. The van der Waals surface area contributed by atoms with Crippen LogP contribution in [-0.2, 0) is 16.1 Å². The van der Waals surface area contributed by atoms with E-state index in [1.807, 2.05) is 71.9 Å². The highest BCUT2D eigenvalue weighted by Crippen LogP contribution is 2.29. The molecule has 0 spiro atoms. The molecule has 8 unspecified atom stereocenters. The molecule has 214 valence electrons. The van der Waals surface area contributed by atoms with Crippen molar-refractivity contribution in [2.75, 3.05) is 13.7 Å². The molecule has 0 aliphatic heterocycles. The number of carbonyl (C=O) groups is 1. The highest BCUT2D eigenvalue weighted by Gasteiger charge is 2.33. The standard InChI is InChI=1S/C31H49NO6/c1-9-10-11-21(3)30(38-31(32)35)25(7)29(34)23(5)17-20(2)16-22(4)28(33)24(6)18-37-19-26-12-14-27(36-8)15-13-26/h9-16,21-25,28-30,33-34H,1,17-19H2,2-8H3,(H2,32,35)/b11-10-,20-16-. The maximum Gasteiger partial charge on any atom is 0.404 e. The number of aliphatic hydroxyl groups excluding tert-OH is 2. The average molecular weight is 532 g/mol. The monoisotopic (exact) mass is 531 g/mol. The minimum atomic E-state index is -0.860. The number of benzene rings is 1. The van der Waals surface area contributed by atoms with Crippen molar-refractivity contribution in [3.8, 4) is 5.75 Å². The molecule has 8 atom stereocenters. The number of ether oxygens (including phenoxy) is 3. The second-order valence-electron chi connectivity index (χ2n) is 10.6. The van der Waals surface area contributed by atoms with E-state index in [9.17, 15) is 15.0 Å². The summed E-state index contributed by atoms with van der Waals surface area (Å²) < 4.78 is 16.4. The molecular weight excluding hydrogens is 482 g/mol. The third kappa shape index (κ3) is 11.4. The molecule has 0 aliphatic carbocycles. The molecule has 4 N–H and O–H groups in total. The van der Waals surface area contributed by atoms with Gasteiger partial charge >= 0.3 is 6.09 Å². The van der Waals surface area contributed by atoms with Gasteiger partial charge in [0.05, 0.1) is 32.5 Å². The van der Waals surface area contributed by atoms with E-state index in [0.717, 1.165) is 16.9 Å².